The van der Waals surface area contributed by atoms with Crippen LogP contribution in [-0.2, 0) is 0 Å². The van der Waals surface area contributed by atoms with Crippen molar-refractivity contribution in [3.05, 3.63) is 0 Å². The first kappa shape index (κ1) is 15.8. The predicted octanol–water partition coefficient (Wildman–Crippen LogP) is 0.153. The molecule has 98 valence electrons. The summed E-state index contributed by atoms with van der Waals surface area (Å²) in [5, 5.41) is 21.8. The third-order valence-electron chi connectivity index (χ3n) is 2.92. The number of hydrogen-bond donors (Lipinski definition) is 3. The summed E-state index contributed by atoms with van der Waals surface area (Å²) in [4.78, 5) is 2.15. The van der Waals surface area contributed by atoms with Crippen molar-refractivity contribution >= 4 is 0 Å². The first-order valence-corrected chi connectivity index (χ1v) is 5.94. The van der Waals surface area contributed by atoms with Crippen LogP contribution in [0, 0.1) is 11.3 Å². The van der Waals surface area contributed by atoms with Gasteiger partial charge in [0.15, 0.2) is 0 Å². The number of hydrogen-bond acceptors (Lipinski definition) is 4. The van der Waals surface area contributed by atoms with Gasteiger partial charge in [0.2, 0.25) is 0 Å². The zero-order valence-electron chi connectivity index (χ0n) is 11.3. The Balaban J connectivity index is 4.20. The van der Waals surface area contributed by atoms with E-state index in [2.05, 4.69) is 24.1 Å². The van der Waals surface area contributed by atoms with Crippen LogP contribution in [0.5, 0.6) is 0 Å². The van der Waals surface area contributed by atoms with Gasteiger partial charge in [-0.05, 0) is 20.0 Å². The Morgan fingerprint density at radius 2 is 1.69 bits per heavy atom. The van der Waals surface area contributed by atoms with Crippen LogP contribution in [0.4, 0.5) is 0 Å². The molecule has 0 aliphatic carbocycles. The van der Waals surface area contributed by atoms with Crippen LogP contribution in [0.2, 0.25) is 0 Å². The number of nitrogens with zero attached hydrogens (tertiary/aromatic N) is 1. The van der Waals surface area contributed by atoms with Crippen LogP contribution in [-0.4, -0.2) is 61.6 Å². The molecule has 0 rings (SSSR count). The SMILES string of the molecule is CC(C)C(CN(C)C)NCC(C)(CO)CO. The molecule has 0 saturated carbocycles. The maximum absolute atomic E-state index is 9.21. The third-order valence-corrected chi connectivity index (χ3v) is 2.92. The molecule has 0 saturated heterocycles. The van der Waals surface area contributed by atoms with E-state index in [1.165, 1.54) is 0 Å². The fourth-order valence-corrected chi connectivity index (χ4v) is 1.44. The number of aliphatic hydroxyl groups excluding tert-OH is 2. The minimum absolute atomic E-state index is 0.00325. The van der Waals surface area contributed by atoms with Crippen LogP contribution >= 0.6 is 0 Å². The van der Waals surface area contributed by atoms with Crippen LogP contribution in [0.25, 0.3) is 0 Å². The van der Waals surface area contributed by atoms with Crippen molar-refractivity contribution in [3.63, 3.8) is 0 Å². The lowest BCUT2D eigenvalue weighted by Gasteiger charge is -2.31. The van der Waals surface area contributed by atoms with E-state index in [4.69, 9.17) is 0 Å². The van der Waals surface area contributed by atoms with E-state index in [-0.39, 0.29) is 13.2 Å². The molecule has 1 atom stereocenters. The molecule has 0 aromatic rings. The van der Waals surface area contributed by atoms with Crippen LogP contribution in [0.3, 0.4) is 0 Å². The van der Waals surface area contributed by atoms with E-state index < -0.39 is 5.41 Å². The minimum atomic E-state index is -0.431. The van der Waals surface area contributed by atoms with Crippen molar-refractivity contribution in [1.82, 2.24) is 10.2 Å². The summed E-state index contributed by atoms with van der Waals surface area (Å²) < 4.78 is 0. The maximum Gasteiger partial charge on any atom is 0.0518 e. The summed E-state index contributed by atoms with van der Waals surface area (Å²) in [6.07, 6.45) is 0. The van der Waals surface area contributed by atoms with Crippen molar-refractivity contribution in [2.45, 2.75) is 26.8 Å². The van der Waals surface area contributed by atoms with Gasteiger partial charge in [0.05, 0.1) is 13.2 Å². The number of aliphatic hydroxyl groups is 2. The van der Waals surface area contributed by atoms with Crippen LogP contribution < -0.4 is 5.32 Å². The second kappa shape index (κ2) is 7.22. The van der Waals surface area contributed by atoms with E-state index in [0.29, 0.717) is 18.5 Å². The van der Waals surface area contributed by atoms with E-state index in [0.717, 1.165) is 6.54 Å². The number of nitrogens with one attached hydrogen (secondary N) is 1. The predicted molar refractivity (Wildman–Crippen MR) is 67.5 cm³/mol. The molecule has 0 amide bonds. The molecule has 0 fully saturated rings. The standard InChI is InChI=1S/C12H28N2O2/c1-10(2)11(6-14(4)5)13-7-12(3,8-15)9-16/h10-11,13,15-16H,6-9H2,1-5H3. The Bertz CT molecular complexity index is 180. The largest absolute Gasteiger partial charge is 0.396 e. The summed E-state index contributed by atoms with van der Waals surface area (Å²) in [5.74, 6) is 0.532. The molecule has 0 heterocycles. The maximum atomic E-state index is 9.21. The molecular weight excluding hydrogens is 204 g/mol. The summed E-state index contributed by atoms with van der Waals surface area (Å²) in [6, 6.07) is 0.382. The highest BCUT2D eigenvalue weighted by molar-refractivity contribution is 4.80. The van der Waals surface area contributed by atoms with Gasteiger partial charge < -0.3 is 20.4 Å². The van der Waals surface area contributed by atoms with E-state index >= 15 is 0 Å². The first-order valence-electron chi connectivity index (χ1n) is 5.94. The van der Waals surface area contributed by atoms with Crippen LogP contribution in [0.1, 0.15) is 20.8 Å². The highest BCUT2D eigenvalue weighted by Gasteiger charge is 2.24. The van der Waals surface area contributed by atoms with Gasteiger partial charge in [-0.2, -0.15) is 0 Å². The molecular formula is C12H28N2O2. The molecule has 0 spiro atoms. The third kappa shape index (κ3) is 5.80. The first-order chi connectivity index (χ1) is 7.34. The van der Waals surface area contributed by atoms with Crippen molar-refractivity contribution in [1.29, 1.82) is 0 Å². The van der Waals surface area contributed by atoms with E-state index in [1.54, 1.807) is 0 Å². The lowest BCUT2D eigenvalue weighted by atomic mass is 9.92. The molecule has 4 heteroatoms. The van der Waals surface area contributed by atoms with Gasteiger partial charge in [-0.3, -0.25) is 0 Å². The molecule has 0 bridgehead atoms. The minimum Gasteiger partial charge on any atom is -0.396 e. The zero-order valence-corrected chi connectivity index (χ0v) is 11.3. The molecule has 3 N–H and O–H groups in total. The highest BCUT2D eigenvalue weighted by atomic mass is 16.3. The average molecular weight is 232 g/mol. The Morgan fingerprint density at radius 3 is 2.00 bits per heavy atom. The normalized spacial score (nSPS) is 14.8. The fourth-order valence-electron chi connectivity index (χ4n) is 1.44. The smallest absolute Gasteiger partial charge is 0.0518 e. The van der Waals surface area contributed by atoms with Gasteiger partial charge in [-0.15, -0.1) is 0 Å². The lowest BCUT2D eigenvalue weighted by Crippen LogP contribution is -2.48. The summed E-state index contributed by atoms with van der Waals surface area (Å²) in [5.41, 5.74) is -0.431. The van der Waals surface area contributed by atoms with E-state index in [9.17, 15) is 10.2 Å². The molecule has 4 nitrogen and oxygen atoms in total. The topological polar surface area (TPSA) is 55.7 Å². The van der Waals surface area contributed by atoms with Gasteiger partial charge in [-0.1, -0.05) is 20.8 Å². The lowest BCUT2D eigenvalue weighted by molar-refractivity contribution is 0.0644. The molecule has 0 aliphatic heterocycles. The van der Waals surface area contributed by atoms with Gasteiger partial charge in [-0.25, -0.2) is 0 Å². The molecule has 0 aromatic carbocycles. The summed E-state index contributed by atoms with van der Waals surface area (Å²) in [6.45, 7) is 7.84. The second-order valence-electron chi connectivity index (χ2n) is 5.62. The second-order valence-corrected chi connectivity index (χ2v) is 5.62. The molecule has 0 radical (unpaired) electrons. The molecule has 0 aliphatic rings. The van der Waals surface area contributed by atoms with Gasteiger partial charge in [0.1, 0.15) is 0 Å². The Kier molecular flexibility index (Phi) is 7.15. The van der Waals surface area contributed by atoms with Crippen molar-refractivity contribution in [2.75, 3.05) is 40.4 Å². The Labute approximate surface area is 99.7 Å². The summed E-state index contributed by atoms with van der Waals surface area (Å²) in [7, 11) is 4.10. The van der Waals surface area contributed by atoms with Crippen molar-refractivity contribution in [3.8, 4) is 0 Å². The van der Waals surface area contributed by atoms with Crippen molar-refractivity contribution in [2.24, 2.45) is 11.3 Å². The zero-order chi connectivity index (χ0) is 12.8. The van der Waals surface area contributed by atoms with Gasteiger partial charge in [0.25, 0.3) is 0 Å². The average Bonchev–Trinajstić information content (AvgIpc) is 2.23. The summed E-state index contributed by atoms with van der Waals surface area (Å²) >= 11 is 0. The molecule has 1 unspecified atom stereocenters. The molecule has 0 aromatic heterocycles. The fraction of sp³-hybridized carbons (Fsp3) is 1.00. The monoisotopic (exact) mass is 232 g/mol. The molecule has 16 heavy (non-hydrogen) atoms. The Morgan fingerprint density at radius 1 is 1.19 bits per heavy atom. The number of likely N-dealkylation sites (N-methyl/N-ethyl adjacent to an activating group) is 1. The van der Waals surface area contributed by atoms with E-state index in [1.807, 2.05) is 21.0 Å². The Hall–Kier alpha value is -0.160. The van der Waals surface area contributed by atoms with Crippen molar-refractivity contribution < 1.29 is 10.2 Å². The quantitative estimate of drug-likeness (QED) is 0.558. The van der Waals surface area contributed by atoms with Crippen LogP contribution in [0.15, 0.2) is 0 Å². The number of rotatable bonds is 8. The highest BCUT2D eigenvalue weighted by Crippen LogP contribution is 2.13. The van der Waals surface area contributed by atoms with Gasteiger partial charge in [0, 0.05) is 24.5 Å². The van der Waals surface area contributed by atoms with Gasteiger partial charge >= 0.3 is 0 Å².